The molecule has 7 rings (SSSR count). The van der Waals surface area contributed by atoms with E-state index in [1.807, 2.05) is 72.9 Å². The number of benzene rings is 6. The van der Waals surface area contributed by atoms with Gasteiger partial charge in [-0.15, -0.1) is 0 Å². The van der Waals surface area contributed by atoms with Gasteiger partial charge in [0, 0.05) is 0 Å². The maximum absolute atomic E-state index is 5.92. The molecule has 75 heavy (non-hydrogen) atoms. The number of hydrogen-bond donors (Lipinski definition) is 0. The highest BCUT2D eigenvalue weighted by Gasteiger charge is 2.04. The van der Waals surface area contributed by atoms with Gasteiger partial charge in [0.2, 0.25) is 0 Å². The summed E-state index contributed by atoms with van der Waals surface area (Å²) in [5.74, 6) is 4.47. The number of aromatic nitrogens is 3. The monoisotopic (exact) mass is 994 g/mol. The maximum atomic E-state index is 5.92. The zero-order valence-electron chi connectivity index (χ0n) is 44.5. The Bertz CT molecular complexity index is 2580. The number of hydrogen-bond acceptors (Lipinski definition) is 6. The summed E-state index contributed by atoms with van der Waals surface area (Å²) in [5, 5.41) is 0. The molecule has 6 heteroatoms. The van der Waals surface area contributed by atoms with Crippen LogP contribution >= 0.6 is 0 Å². The average molecular weight is 994 g/mol. The van der Waals surface area contributed by atoms with Crippen molar-refractivity contribution in [3.05, 3.63) is 213 Å². The largest absolute Gasteiger partial charge is 0.494 e. The Labute approximate surface area is 448 Å². The second-order valence-electron chi connectivity index (χ2n) is 18.8. The molecule has 0 radical (unpaired) electrons. The van der Waals surface area contributed by atoms with E-state index in [0.29, 0.717) is 17.5 Å². The summed E-state index contributed by atoms with van der Waals surface area (Å²) < 4.78 is 17.8. The molecule has 0 aliphatic heterocycles. The normalized spacial score (nSPS) is 11.9. The summed E-state index contributed by atoms with van der Waals surface area (Å²) in [7, 11) is 0. The van der Waals surface area contributed by atoms with Gasteiger partial charge in [0.25, 0.3) is 0 Å². The van der Waals surface area contributed by atoms with Crippen molar-refractivity contribution in [2.45, 2.75) is 97.8 Å². The molecule has 0 fully saturated rings. The number of nitrogens with zero attached hydrogens (tertiary/aromatic N) is 3. The van der Waals surface area contributed by atoms with Crippen LogP contribution in [0.4, 0.5) is 0 Å². The van der Waals surface area contributed by atoms with Gasteiger partial charge in [-0.3, -0.25) is 0 Å². The van der Waals surface area contributed by atoms with Crippen molar-refractivity contribution < 1.29 is 14.2 Å². The quantitative estimate of drug-likeness (QED) is 0.0330. The molecular formula is C69H75N3O3. The standard InChI is InChI=1S/C69H75N3O3/c1-4-7-10-13-52-73-64-43-34-61(35-44-64)31-22-55-16-25-58(26-17-55)40-49-67-70-68(50-41-59-27-18-56(19-28-59)23-32-62-36-45-65(46-37-62)74-53-14-11-8-5-2)72-69(71-67)51-42-60-29-20-57(21-30-60)24-33-63-38-47-66(48-39-63)75-54-15-12-9-6-3/h16-51H,4-15,52-54H2,1-3H3/b31-22+,32-23+,33-24+,49-40+,50-41+,51-42+. The maximum Gasteiger partial charge on any atom is 0.156 e. The molecule has 0 unspecified atom stereocenters. The highest BCUT2D eigenvalue weighted by Crippen LogP contribution is 2.21. The summed E-state index contributed by atoms with van der Waals surface area (Å²) >= 11 is 0. The number of rotatable bonds is 30. The zero-order chi connectivity index (χ0) is 52.0. The van der Waals surface area contributed by atoms with Crippen LogP contribution in [-0.2, 0) is 0 Å². The van der Waals surface area contributed by atoms with E-state index >= 15 is 0 Å². The molecule has 0 N–H and O–H groups in total. The van der Waals surface area contributed by atoms with Crippen LogP contribution in [0.15, 0.2) is 146 Å². The van der Waals surface area contributed by atoms with Crippen LogP contribution in [0.3, 0.4) is 0 Å². The SMILES string of the molecule is CCCCCCOc1ccc(/C=C/c2ccc(/C=C/c3nc(/C=C/c4ccc(/C=C/c5ccc(OCCCCCC)cc5)cc4)nc(/C=C/c4ccc(/C=C/c5ccc(OCCCCCC)cc5)cc4)n3)cc2)cc1. The molecule has 0 aliphatic carbocycles. The van der Waals surface area contributed by atoms with Gasteiger partial charge in [0.15, 0.2) is 17.5 Å². The molecule has 0 saturated heterocycles. The molecule has 0 spiro atoms. The molecule has 0 aliphatic rings. The number of ether oxygens (including phenoxy) is 3. The fourth-order valence-electron chi connectivity index (χ4n) is 8.08. The van der Waals surface area contributed by atoms with Gasteiger partial charge in [-0.05, 0) is 124 Å². The van der Waals surface area contributed by atoms with E-state index in [1.54, 1.807) is 0 Å². The fourth-order valence-corrected chi connectivity index (χ4v) is 8.08. The third-order valence-corrected chi connectivity index (χ3v) is 12.6. The van der Waals surface area contributed by atoms with Crippen LogP contribution in [0.5, 0.6) is 17.2 Å². The predicted octanol–water partition coefficient (Wildman–Crippen LogP) is 18.8. The summed E-state index contributed by atoms with van der Waals surface area (Å²) in [6, 6.07) is 50.2. The molecule has 0 bridgehead atoms. The molecule has 384 valence electrons. The molecule has 0 amide bonds. The van der Waals surface area contributed by atoms with Crippen LogP contribution in [0.25, 0.3) is 72.9 Å². The first kappa shape index (κ1) is 54.9. The summed E-state index contributed by atoms with van der Waals surface area (Å²) in [4.78, 5) is 14.5. The van der Waals surface area contributed by atoms with E-state index in [4.69, 9.17) is 29.2 Å². The molecule has 7 aromatic rings. The van der Waals surface area contributed by atoms with Gasteiger partial charge in [-0.1, -0.05) is 242 Å². The topological polar surface area (TPSA) is 66.4 Å². The van der Waals surface area contributed by atoms with E-state index < -0.39 is 0 Å². The lowest BCUT2D eigenvalue weighted by molar-refractivity contribution is 0.305. The molecule has 0 atom stereocenters. The van der Waals surface area contributed by atoms with Crippen molar-refractivity contribution in [1.29, 1.82) is 0 Å². The lowest BCUT2D eigenvalue weighted by Crippen LogP contribution is -1.99. The first-order chi connectivity index (χ1) is 37.0. The third-order valence-electron chi connectivity index (χ3n) is 12.6. The molecule has 6 aromatic carbocycles. The van der Waals surface area contributed by atoms with Gasteiger partial charge < -0.3 is 14.2 Å². The van der Waals surface area contributed by atoms with Gasteiger partial charge >= 0.3 is 0 Å². The van der Waals surface area contributed by atoms with Crippen molar-refractivity contribution in [3.63, 3.8) is 0 Å². The summed E-state index contributed by atoms with van der Waals surface area (Å²) in [5.41, 5.74) is 9.87. The van der Waals surface area contributed by atoms with Crippen molar-refractivity contribution in [2.24, 2.45) is 0 Å². The Balaban J connectivity index is 0.998. The molecule has 0 saturated carbocycles. The van der Waals surface area contributed by atoms with E-state index in [1.165, 1.54) is 57.8 Å². The lowest BCUT2D eigenvalue weighted by atomic mass is 10.1. The fraction of sp³-hybridized carbons (Fsp3) is 0.261. The summed E-state index contributed by atoms with van der Waals surface area (Å²) in [6.45, 7) is 8.98. The molecular weight excluding hydrogens is 919 g/mol. The minimum atomic E-state index is 0.570. The lowest BCUT2D eigenvalue weighted by Gasteiger charge is -2.06. The summed E-state index contributed by atoms with van der Waals surface area (Å²) in [6.07, 6.45) is 39.1. The zero-order valence-corrected chi connectivity index (χ0v) is 44.5. The first-order valence-electron chi connectivity index (χ1n) is 27.3. The van der Waals surface area contributed by atoms with Crippen LogP contribution in [0, 0.1) is 0 Å². The van der Waals surface area contributed by atoms with Crippen LogP contribution < -0.4 is 14.2 Å². The second kappa shape index (κ2) is 31.7. The Morgan fingerprint density at radius 3 is 0.627 bits per heavy atom. The van der Waals surface area contributed by atoms with Crippen molar-refractivity contribution in [3.8, 4) is 17.2 Å². The molecule has 1 aromatic heterocycles. The third kappa shape index (κ3) is 20.5. The highest BCUT2D eigenvalue weighted by atomic mass is 16.5. The smallest absolute Gasteiger partial charge is 0.156 e. The molecule has 6 nitrogen and oxygen atoms in total. The van der Waals surface area contributed by atoms with E-state index in [0.717, 1.165) is 106 Å². The van der Waals surface area contributed by atoms with E-state index in [-0.39, 0.29) is 0 Å². The highest BCUT2D eigenvalue weighted by molar-refractivity contribution is 5.76. The predicted molar refractivity (Wildman–Crippen MR) is 321 cm³/mol. The number of unbranched alkanes of at least 4 members (excludes halogenated alkanes) is 9. The van der Waals surface area contributed by atoms with Gasteiger partial charge in [-0.25, -0.2) is 15.0 Å². The van der Waals surface area contributed by atoms with Crippen molar-refractivity contribution >= 4 is 72.9 Å². The van der Waals surface area contributed by atoms with Gasteiger partial charge in [0.1, 0.15) is 17.2 Å². The minimum absolute atomic E-state index is 0.570. The van der Waals surface area contributed by atoms with E-state index in [9.17, 15) is 0 Å². The Hall–Kier alpha value is -7.83. The second-order valence-corrected chi connectivity index (χ2v) is 18.8. The van der Waals surface area contributed by atoms with Gasteiger partial charge in [0.05, 0.1) is 19.8 Å². The van der Waals surface area contributed by atoms with Gasteiger partial charge in [-0.2, -0.15) is 0 Å². The molecule has 1 heterocycles. The minimum Gasteiger partial charge on any atom is -0.494 e. The van der Waals surface area contributed by atoms with Crippen LogP contribution in [0.2, 0.25) is 0 Å². The Kier molecular flexibility index (Phi) is 23.2. The Morgan fingerprint density at radius 2 is 0.427 bits per heavy atom. The van der Waals surface area contributed by atoms with Crippen LogP contribution in [0.1, 0.15) is 165 Å². The van der Waals surface area contributed by atoms with Crippen molar-refractivity contribution in [2.75, 3.05) is 19.8 Å². The Morgan fingerprint density at radius 1 is 0.240 bits per heavy atom. The average Bonchev–Trinajstić information content (AvgIpc) is 3.45. The first-order valence-corrected chi connectivity index (χ1v) is 27.3. The van der Waals surface area contributed by atoms with Crippen molar-refractivity contribution in [1.82, 2.24) is 15.0 Å². The van der Waals surface area contributed by atoms with E-state index in [2.05, 4.69) is 166 Å². The van der Waals surface area contributed by atoms with Crippen LogP contribution in [-0.4, -0.2) is 34.8 Å².